The maximum Gasteiger partial charge on any atom is 0.227 e. The maximum atomic E-state index is 6.15. The van der Waals surface area contributed by atoms with Crippen LogP contribution in [-0.2, 0) is 0 Å². The van der Waals surface area contributed by atoms with Gasteiger partial charge in [0.2, 0.25) is 5.89 Å². The fourth-order valence-electron chi connectivity index (χ4n) is 3.52. The second-order valence-electron chi connectivity index (χ2n) is 6.71. The van der Waals surface area contributed by atoms with E-state index in [0.717, 1.165) is 38.8 Å². The first-order valence-electron chi connectivity index (χ1n) is 9.08. The molecule has 0 aliphatic heterocycles. The first kappa shape index (κ1) is 16.8. The number of fused-ring (bicyclic) bond motifs is 3. The van der Waals surface area contributed by atoms with Crippen LogP contribution in [0.15, 0.2) is 89.3 Å². The molecule has 0 unspecified atom stereocenters. The predicted molar refractivity (Wildman–Crippen MR) is 116 cm³/mol. The van der Waals surface area contributed by atoms with Crippen LogP contribution in [0.3, 0.4) is 0 Å². The van der Waals surface area contributed by atoms with Crippen molar-refractivity contribution in [2.75, 3.05) is 11.9 Å². The van der Waals surface area contributed by atoms with Gasteiger partial charge in [0.05, 0.1) is 5.69 Å². The lowest BCUT2D eigenvalue weighted by molar-refractivity contribution is 0.620. The molecule has 1 aromatic heterocycles. The molecule has 0 amide bonds. The van der Waals surface area contributed by atoms with Crippen molar-refractivity contribution in [3.8, 4) is 11.5 Å². The Labute approximate surface area is 167 Å². The summed E-state index contributed by atoms with van der Waals surface area (Å²) in [6.07, 6.45) is 0. The SMILES string of the molecule is CN(c1ccccc1)c1cc2oc(-c3ccc(Cl)cc3)nc2c2ccccc12. The van der Waals surface area contributed by atoms with Crippen molar-refractivity contribution in [3.05, 3.63) is 90.0 Å². The van der Waals surface area contributed by atoms with Crippen LogP contribution in [0.5, 0.6) is 0 Å². The van der Waals surface area contributed by atoms with Gasteiger partial charge in [-0.25, -0.2) is 4.98 Å². The van der Waals surface area contributed by atoms with Gasteiger partial charge in [0.25, 0.3) is 0 Å². The average molecular weight is 385 g/mol. The number of nitrogens with zero attached hydrogens (tertiary/aromatic N) is 2. The van der Waals surface area contributed by atoms with Crippen molar-refractivity contribution in [2.24, 2.45) is 0 Å². The highest BCUT2D eigenvalue weighted by molar-refractivity contribution is 6.30. The van der Waals surface area contributed by atoms with Gasteiger partial charge in [-0.3, -0.25) is 0 Å². The summed E-state index contributed by atoms with van der Waals surface area (Å²) in [7, 11) is 2.07. The topological polar surface area (TPSA) is 29.3 Å². The molecular weight excluding hydrogens is 368 g/mol. The van der Waals surface area contributed by atoms with Crippen LogP contribution < -0.4 is 4.90 Å². The van der Waals surface area contributed by atoms with Crippen LogP contribution in [0.25, 0.3) is 33.3 Å². The normalized spacial score (nSPS) is 11.2. The molecule has 0 radical (unpaired) electrons. The van der Waals surface area contributed by atoms with Crippen LogP contribution in [-0.4, -0.2) is 12.0 Å². The van der Waals surface area contributed by atoms with Crippen LogP contribution in [0.1, 0.15) is 0 Å². The fourth-order valence-corrected chi connectivity index (χ4v) is 3.65. The van der Waals surface area contributed by atoms with Gasteiger partial charge < -0.3 is 9.32 Å². The van der Waals surface area contributed by atoms with E-state index >= 15 is 0 Å². The van der Waals surface area contributed by atoms with Gasteiger partial charge in [-0.05, 0) is 36.4 Å². The molecule has 0 aliphatic carbocycles. The molecule has 5 rings (SSSR count). The summed E-state index contributed by atoms with van der Waals surface area (Å²) in [5.74, 6) is 0.594. The van der Waals surface area contributed by atoms with Crippen molar-refractivity contribution in [2.45, 2.75) is 0 Å². The van der Waals surface area contributed by atoms with Crippen LogP contribution >= 0.6 is 11.6 Å². The van der Waals surface area contributed by atoms with Crippen molar-refractivity contribution in [3.63, 3.8) is 0 Å². The van der Waals surface area contributed by atoms with E-state index in [-0.39, 0.29) is 0 Å². The van der Waals surface area contributed by atoms with Gasteiger partial charge in [-0.15, -0.1) is 0 Å². The number of hydrogen-bond acceptors (Lipinski definition) is 3. The number of para-hydroxylation sites is 1. The highest BCUT2D eigenvalue weighted by Crippen LogP contribution is 2.38. The fraction of sp³-hybridized carbons (Fsp3) is 0.0417. The minimum atomic E-state index is 0.594. The Morgan fingerprint density at radius 1 is 0.821 bits per heavy atom. The Balaban J connectivity index is 1.74. The molecule has 3 nitrogen and oxygen atoms in total. The van der Waals surface area contributed by atoms with Gasteiger partial charge in [0.15, 0.2) is 5.58 Å². The summed E-state index contributed by atoms with van der Waals surface area (Å²) in [5, 5.41) is 2.90. The van der Waals surface area contributed by atoms with E-state index < -0.39 is 0 Å². The number of rotatable bonds is 3. The number of halogens is 1. The molecule has 0 fully saturated rings. The Morgan fingerprint density at radius 3 is 2.25 bits per heavy atom. The third-order valence-corrected chi connectivity index (χ3v) is 5.23. The summed E-state index contributed by atoms with van der Waals surface area (Å²) < 4.78 is 6.15. The first-order valence-corrected chi connectivity index (χ1v) is 9.45. The molecule has 0 N–H and O–H groups in total. The maximum absolute atomic E-state index is 6.15. The zero-order valence-electron chi connectivity index (χ0n) is 15.3. The number of aromatic nitrogens is 1. The van der Waals surface area contributed by atoms with E-state index in [1.165, 1.54) is 0 Å². The smallest absolute Gasteiger partial charge is 0.227 e. The van der Waals surface area contributed by atoms with Gasteiger partial charge in [0, 0.05) is 40.2 Å². The molecule has 5 aromatic rings. The Hall–Kier alpha value is -3.30. The first-order chi connectivity index (χ1) is 13.7. The van der Waals surface area contributed by atoms with Gasteiger partial charge in [-0.2, -0.15) is 0 Å². The monoisotopic (exact) mass is 384 g/mol. The third-order valence-electron chi connectivity index (χ3n) is 4.98. The molecule has 0 saturated heterocycles. The molecule has 0 aliphatic rings. The molecule has 4 heteroatoms. The van der Waals surface area contributed by atoms with Crippen LogP contribution in [0, 0.1) is 0 Å². The Morgan fingerprint density at radius 2 is 1.50 bits per heavy atom. The molecule has 0 spiro atoms. The van der Waals surface area contributed by atoms with Gasteiger partial charge >= 0.3 is 0 Å². The number of oxazole rings is 1. The average Bonchev–Trinajstić information content (AvgIpc) is 3.18. The lowest BCUT2D eigenvalue weighted by Gasteiger charge is -2.21. The Bertz CT molecular complexity index is 1280. The summed E-state index contributed by atoms with van der Waals surface area (Å²) in [5.41, 5.74) is 4.73. The predicted octanol–water partition coefficient (Wildman–Crippen LogP) is 7.07. The quantitative estimate of drug-likeness (QED) is 0.333. The number of anilines is 2. The molecular formula is C24H17ClN2O. The number of hydrogen-bond donors (Lipinski definition) is 0. The molecule has 0 atom stereocenters. The van der Waals surface area contributed by atoms with E-state index in [4.69, 9.17) is 21.0 Å². The largest absolute Gasteiger partial charge is 0.436 e. The van der Waals surface area contributed by atoms with Gasteiger partial charge in [-0.1, -0.05) is 54.1 Å². The molecule has 136 valence electrons. The van der Waals surface area contributed by atoms with Crippen LogP contribution in [0.2, 0.25) is 5.02 Å². The highest BCUT2D eigenvalue weighted by atomic mass is 35.5. The molecule has 0 saturated carbocycles. The minimum Gasteiger partial charge on any atom is -0.436 e. The van der Waals surface area contributed by atoms with E-state index in [0.29, 0.717) is 10.9 Å². The zero-order chi connectivity index (χ0) is 19.1. The third kappa shape index (κ3) is 2.81. The standard InChI is InChI=1S/C24H17ClN2O/c1-27(18-7-3-2-4-8-18)21-15-22-23(20-10-6-5-9-19(20)21)26-24(28-22)16-11-13-17(25)14-12-16/h2-15H,1H3. The minimum absolute atomic E-state index is 0.594. The molecule has 4 aromatic carbocycles. The van der Waals surface area contributed by atoms with Crippen molar-refractivity contribution >= 4 is 44.8 Å². The summed E-state index contributed by atoms with van der Waals surface area (Å²) >= 11 is 6.01. The highest BCUT2D eigenvalue weighted by Gasteiger charge is 2.16. The lowest BCUT2D eigenvalue weighted by Crippen LogP contribution is -2.09. The van der Waals surface area contributed by atoms with Crippen molar-refractivity contribution in [1.29, 1.82) is 0 Å². The Kier molecular flexibility index (Phi) is 4.03. The van der Waals surface area contributed by atoms with E-state index in [9.17, 15) is 0 Å². The van der Waals surface area contributed by atoms with E-state index in [1.54, 1.807) is 0 Å². The molecule has 1 heterocycles. The van der Waals surface area contributed by atoms with Crippen molar-refractivity contribution in [1.82, 2.24) is 4.98 Å². The van der Waals surface area contributed by atoms with Gasteiger partial charge in [0.1, 0.15) is 5.52 Å². The summed E-state index contributed by atoms with van der Waals surface area (Å²) in [6, 6.07) is 28.2. The zero-order valence-corrected chi connectivity index (χ0v) is 16.0. The van der Waals surface area contributed by atoms with E-state index in [1.807, 2.05) is 48.5 Å². The molecule has 0 bridgehead atoms. The summed E-state index contributed by atoms with van der Waals surface area (Å²) in [4.78, 5) is 6.96. The van der Waals surface area contributed by atoms with E-state index in [2.05, 4.69) is 48.3 Å². The van der Waals surface area contributed by atoms with Crippen molar-refractivity contribution < 1.29 is 4.42 Å². The lowest BCUT2D eigenvalue weighted by atomic mass is 10.1. The summed E-state index contributed by atoms with van der Waals surface area (Å²) in [6.45, 7) is 0. The second kappa shape index (κ2) is 6.70. The van der Waals surface area contributed by atoms with Crippen LogP contribution in [0.4, 0.5) is 11.4 Å². The second-order valence-corrected chi connectivity index (χ2v) is 7.14. The molecule has 28 heavy (non-hydrogen) atoms. The number of benzene rings is 4.